The Morgan fingerprint density at radius 2 is 1.95 bits per heavy atom. The molecule has 0 amide bonds. The smallest absolute Gasteiger partial charge is 0.387 e. The molecule has 0 aromatic heterocycles. The second kappa shape index (κ2) is 7.79. The standard InChI is InChI=1S/C14H19F2NO3/c1-4-19-13(18)10(3)17-9(2)11-7-5-6-8-12(11)20-14(15)16/h5-10,14,17H,4H2,1-3H3. The van der Waals surface area contributed by atoms with Gasteiger partial charge in [0.1, 0.15) is 11.8 Å². The SMILES string of the molecule is CCOC(=O)C(C)NC(C)c1ccccc1OC(F)F. The number of nitrogens with one attached hydrogen (secondary N) is 1. The van der Waals surface area contributed by atoms with Gasteiger partial charge in [-0.1, -0.05) is 18.2 Å². The van der Waals surface area contributed by atoms with Gasteiger partial charge in [0, 0.05) is 11.6 Å². The van der Waals surface area contributed by atoms with Gasteiger partial charge in [-0.3, -0.25) is 10.1 Å². The molecule has 0 aliphatic heterocycles. The second-order valence-electron chi connectivity index (χ2n) is 4.28. The van der Waals surface area contributed by atoms with Crippen LogP contribution in [-0.2, 0) is 9.53 Å². The highest BCUT2D eigenvalue weighted by atomic mass is 19.3. The molecule has 0 heterocycles. The molecule has 2 unspecified atom stereocenters. The Kier molecular flexibility index (Phi) is 6.38. The summed E-state index contributed by atoms with van der Waals surface area (Å²) in [5.74, 6) is -0.287. The zero-order chi connectivity index (χ0) is 15.1. The van der Waals surface area contributed by atoms with Gasteiger partial charge < -0.3 is 9.47 Å². The van der Waals surface area contributed by atoms with Gasteiger partial charge in [0.2, 0.25) is 0 Å². The molecule has 4 nitrogen and oxygen atoms in total. The highest BCUT2D eigenvalue weighted by molar-refractivity contribution is 5.75. The zero-order valence-corrected chi connectivity index (χ0v) is 11.7. The van der Waals surface area contributed by atoms with Crippen LogP contribution in [0, 0.1) is 0 Å². The third-order valence-electron chi connectivity index (χ3n) is 2.74. The lowest BCUT2D eigenvalue weighted by atomic mass is 10.1. The molecular formula is C14H19F2NO3. The maximum Gasteiger partial charge on any atom is 0.387 e. The number of halogens is 2. The monoisotopic (exact) mass is 287 g/mol. The Labute approximate surface area is 117 Å². The van der Waals surface area contributed by atoms with E-state index in [1.54, 1.807) is 39.0 Å². The molecule has 2 atom stereocenters. The van der Waals surface area contributed by atoms with E-state index >= 15 is 0 Å². The van der Waals surface area contributed by atoms with Crippen molar-refractivity contribution in [2.75, 3.05) is 6.61 Å². The number of alkyl halides is 2. The summed E-state index contributed by atoms with van der Waals surface area (Å²) in [5, 5.41) is 2.99. The van der Waals surface area contributed by atoms with Crippen LogP contribution >= 0.6 is 0 Å². The maximum absolute atomic E-state index is 12.3. The number of benzene rings is 1. The molecule has 0 spiro atoms. The molecule has 1 aromatic carbocycles. The van der Waals surface area contributed by atoms with Crippen molar-refractivity contribution in [1.82, 2.24) is 5.32 Å². The van der Waals surface area contributed by atoms with Gasteiger partial charge in [0.05, 0.1) is 6.61 Å². The highest BCUT2D eigenvalue weighted by Gasteiger charge is 2.20. The zero-order valence-electron chi connectivity index (χ0n) is 11.7. The van der Waals surface area contributed by atoms with Crippen molar-refractivity contribution < 1.29 is 23.0 Å². The predicted octanol–water partition coefficient (Wildman–Crippen LogP) is 2.89. The molecular weight excluding hydrogens is 268 g/mol. The molecule has 20 heavy (non-hydrogen) atoms. The van der Waals surface area contributed by atoms with E-state index < -0.39 is 12.7 Å². The van der Waals surface area contributed by atoms with E-state index in [1.807, 2.05) is 0 Å². The summed E-state index contributed by atoms with van der Waals surface area (Å²) in [6, 6.07) is 5.61. The molecule has 1 aromatic rings. The van der Waals surface area contributed by atoms with Crippen molar-refractivity contribution in [3.05, 3.63) is 29.8 Å². The lowest BCUT2D eigenvalue weighted by molar-refractivity contribution is -0.145. The fourth-order valence-corrected chi connectivity index (χ4v) is 1.84. The summed E-state index contributed by atoms with van der Waals surface area (Å²) in [6.07, 6.45) is 0. The van der Waals surface area contributed by atoms with E-state index in [4.69, 9.17) is 4.74 Å². The Balaban J connectivity index is 2.76. The summed E-state index contributed by atoms with van der Waals surface area (Å²) < 4.78 is 34.0. The average Bonchev–Trinajstić information content (AvgIpc) is 2.38. The minimum absolute atomic E-state index is 0.0959. The Morgan fingerprint density at radius 1 is 1.30 bits per heavy atom. The summed E-state index contributed by atoms with van der Waals surface area (Å²) in [5.41, 5.74) is 0.559. The van der Waals surface area contributed by atoms with E-state index in [-0.39, 0.29) is 17.8 Å². The second-order valence-corrected chi connectivity index (χ2v) is 4.28. The van der Waals surface area contributed by atoms with Crippen LogP contribution in [0.5, 0.6) is 5.75 Å². The van der Waals surface area contributed by atoms with Crippen LogP contribution in [0.2, 0.25) is 0 Å². The minimum Gasteiger partial charge on any atom is -0.465 e. The van der Waals surface area contributed by atoms with Crippen LogP contribution in [0.3, 0.4) is 0 Å². The first kappa shape index (κ1) is 16.4. The van der Waals surface area contributed by atoms with Gasteiger partial charge in [0.15, 0.2) is 0 Å². The number of carbonyl (C=O) groups excluding carboxylic acids is 1. The number of rotatable bonds is 7. The number of para-hydroxylation sites is 1. The molecule has 0 fully saturated rings. The van der Waals surface area contributed by atoms with Gasteiger partial charge in [-0.2, -0.15) is 8.78 Å². The fourth-order valence-electron chi connectivity index (χ4n) is 1.84. The van der Waals surface area contributed by atoms with Gasteiger partial charge in [-0.15, -0.1) is 0 Å². The molecule has 0 radical (unpaired) electrons. The van der Waals surface area contributed by atoms with Crippen molar-refractivity contribution in [1.29, 1.82) is 0 Å². The summed E-state index contributed by atoms with van der Waals surface area (Å²) in [4.78, 5) is 11.5. The number of esters is 1. The van der Waals surface area contributed by atoms with Gasteiger partial charge in [-0.25, -0.2) is 0 Å². The van der Waals surface area contributed by atoms with Gasteiger partial charge >= 0.3 is 12.6 Å². The van der Waals surface area contributed by atoms with Crippen LogP contribution in [0.1, 0.15) is 32.4 Å². The summed E-state index contributed by atoms with van der Waals surface area (Å²) in [7, 11) is 0. The van der Waals surface area contributed by atoms with Crippen molar-refractivity contribution >= 4 is 5.97 Å². The average molecular weight is 287 g/mol. The molecule has 0 saturated carbocycles. The van der Waals surface area contributed by atoms with Crippen LogP contribution in [-0.4, -0.2) is 25.2 Å². The lowest BCUT2D eigenvalue weighted by Gasteiger charge is -2.21. The van der Waals surface area contributed by atoms with Gasteiger partial charge in [0.25, 0.3) is 0 Å². The molecule has 6 heteroatoms. The van der Waals surface area contributed by atoms with E-state index in [1.165, 1.54) is 6.07 Å². The topological polar surface area (TPSA) is 47.6 Å². The molecule has 0 aliphatic rings. The first-order valence-corrected chi connectivity index (χ1v) is 6.42. The van der Waals surface area contributed by atoms with Crippen LogP contribution in [0.15, 0.2) is 24.3 Å². The van der Waals surface area contributed by atoms with Crippen LogP contribution in [0.25, 0.3) is 0 Å². The summed E-state index contributed by atoms with van der Waals surface area (Å²) in [6.45, 7) is 2.56. The normalized spacial score (nSPS) is 13.9. The molecule has 1 N–H and O–H groups in total. The third kappa shape index (κ3) is 4.77. The highest BCUT2D eigenvalue weighted by Crippen LogP contribution is 2.26. The number of hydrogen-bond donors (Lipinski definition) is 1. The van der Waals surface area contributed by atoms with E-state index in [0.717, 1.165) is 0 Å². The minimum atomic E-state index is -2.88. The van der Waals surface area contributed by atoms with E-state index in [9.17, 15) is 13.6 Å². The van der Waals surface area contributed by atoms with Crippen molar-refractivity contribution in [3.8, 4) is 5.75 Å². The molecule has 112 valence electrons. The first-order chi connectivity index (χ1) is 9.45. The largest absolute Gasteiger partial charge is 0.465 e. The Morgan fingerprint density at radius 3 is 2.55 bits per heavy atom. The Bertz CT molecular complexity index is 440. The first-order valence-electron chi connectivity index (χ1n) is 6.42. The fraction of sp³-hybridized carbons (Fsp3) is 0.500. The number of carbonyl (C=O) groups is 1. The van der Waals surface area contributed by atoms with Crippen molar-refractivity contribution in [3.63, 3.8) is 0 Å². The van der Waals surface area contributed by atoms with Crippen LogP contribution < -0.4 is 10.1 Å². The lowest BCUT2D eigenvalue weighted by Crippen LogP contribution is -2.37. The molecule has 0 bridgehead atoms. The van der Waals surface area contributed by atoms with Crippen molar-refractivity contribution in [2.24, 2.45) is 0 Å². The van der Waals surface area contributed by atoms with E-state index in [0.29, 0.717) is 12.2 Å². The van der Waals surface area contributed by atoms with Crippen molar-refractivity contribution in [2.45, 2.75) is 39.5 Å². The summed E-state index contributed by atoms with van der Waals surface area (Å²) >= 11 is 0. The van der Waals surface area contributed by atoms with E-state index in [2.05, 4.69) is 10.1 Å². The van der Waals surface area contributed by atoms with Gasteiger partial charge in [-0.05, 0) is 26.8 Å². The number of hydrogen-bond acceptors (Lipinski definition) is 4. The predicted molar refractivity (Wildman–Crippen MR) is 70.7 cm³/mol. The van der Waals surface area contributed by atoms with Crippen LogP contribution in [0.4, 0.5) is 8.78 Å². The molecule has 1 rings (SSSR count). The number of ether oxygens (including phenoxy) is 2. The maximum atomic E-state index is 12.3. The quantitative estimate of drug-likeness (QED) is 0.783. The Hall–Kier alpha value is -1.69. The molecule has 0 aliphatic carbocycles. The molecule has 0 saturated heterocycles. The third-order valence-corrected chi connectivity index (χ3v) is 2.74.